The Hall–Kier alpha value is -2.25. The molecule has 1 heterocycles. The molecule has 2 rings (SSSR count). The lowest BCUT2D eigenvalue weighted by molar-refractivity contribution is 0.0996. The smallest absolute Gasteiger partial charge is 0.267 e. The monoisotopic (exact) mass is 277 g/mol. The lowest BCUT2D eigenvalue weighted by Gasteiger charge is -2.06. The Morgan fingerprint density at radius 3 is 2.26 bits per heavy atom. The number of sulfonamides is 1. The number of primary sulfonamides is 1. The molecule has 1 amide bonds. The lowest BCUT2D eigenvalue weighted by Crippen LogP contribution is -2.14. The molecule has 2 aromatic rings. The second kappa shape index (κ2) is 4.79. The molecule has 4 N–H and O–H groups in total. The van der Waals surface area contributed by atoms with Crippen molar-refractivity contribution < 1.29 is 13.2 Å². The number of primary amides is 1. The summed E-state index contributed by atoms with van der Waals surface area (Å²) in [6, 6.07) is 9.16. The summed E-state index contributed by atoms with van der Waals surface area (Å²) in [4.78, 5) is 15.2. The molecule has 6 nitrogen and oxygen atoms in total. The molecule has 1 aromatic carbocycles. The third-order valence-electron chi connectivity index (χ3n) is 2.53. The summed E-state index contributed by atoms with van der Waals surface area (Å²) in [5, 5.41) is 5.01. The minimum Gasteiger partial charge on any atom is -0.364 e. The molecule has 19 heavy (non-hydrogen) atoms. The Morgan fingerprint density at radius 1 is 1.11 bits per heavy atom. The third-order valence-corrected chi connectivity index (χ3v) is 3.46. The Bertz CT molecular complexity index is 724. The number of benzene rings is 1. The SMILES string of the molecule is NC(=O)c1ncccc1-c1ccc(S(N)(=O)=O)cc1. The van der Waals surface area contributed by atoms with Crippen LogP contribution in [0.4, 0.5) is 0 Å². The lowest BCUT2D eigenvalue weighted by atomic mass is 10.0. The van der Waals surface area contributed by atoms with Crippen LogP contribution in [0, 0.1) is 0 Å². The number of amides is 1. The van der Waals surface area contributed by atoms with Gasteiger partial charge in [0.15, 0.2) is 0 Å². The van der Waals surface area contributed by atoms with Gasteiger partial charge in [-0.3, -0.25) is 9.78 Å². The van der Waals surface area contributed by atoms with E-state index in [1.807, 2.05) is 0 Å². The van der Waals surface area contributed by atoms with Crippen molar-refractivity contribution >= 4 is 15.9 Å². The molecule has 0 saturated heterocycles. The molecule has 0 aliphatic carbocycles. The molecule has 0 radical (unpaired) electrons. The molecular formula is C12H11N3O3S. The average molecular weight is 277 g/mol. The van der Waals surface area contributed by atoms with E-state index in [0.717, 1.165) is 0 Å². The fourth-order valence-corrected chi connectivity index (χ4v) is 2.17. The number of nitrogens with zero attached hydrogens (tertiary/aromatic N) is 1. The topological polar surface area (TPSA) is 116 Å². The van der Waals surface area contributed by atoms with Crippen molar-refractivity contribution in [2.45, 2.75) is 4.90 Å². The predicted molar refractivity (Wildman–Crippen MR) is 69.6 cm³/mol. The predicted octanol–water partition coefficient (Wildman–Crippen LogP) is 0.495. The van der Waals surface area contributed by atoms with Gasteiger partial charge in [0, 0.05) is 11.8 Å². The van der Waals surface area contributed by atoms with Gasteiger partial charge >= 0.3 is 0 Å². The highest BCUT2D eigenvalue weighted by atomic mass is 32.2. The molecule has 0 unspecified atom stereocenters. The molecule has 1 aromatic heterocycles. The van der Waals surface area contributed by atoms with Crippen LogP contribution in [0.3, 0.4) is 0 Å². The largest absolute Gasteiger partial charge is 0.364 e. The summed E-state index contributed by atoms with van der Waals surface area (Å²) in [5.41, 5.74) is 6.54. The zero-order valence-electron chi connectivity index (χ0n) is 9.78. The number of hydrogen-bond donors (Lipinski definition) is 2. The van der Waals surface area contributed by atoms with Crippen LogP contribution in [0.15, 0.2) is 47.5 Å². The third kappa shape index (κ3) is 2.78. The summed E-state index contributed by atoms with van der Waals surface area (Å²) < 4.78 is 22.3. The highest BCUT2D eigenvalue weighted by Crippen LogP contribution is 2.23. The van der Waals surface area contributed by atoms with Gasteiger partial charge < -0.3 is 5.73 Å². The number of nitrogens with two attached hydrogens (primary N) is 2. The van der Waals surface area contributed by atoms with Gasteiger partial charge in [0.25, 0.3) is 5.91 Å². The molecular weight excluding hydrogens is 266 g/mol. The van der Waals surface area contributed by atoms with Crippen LogP contribution in [-0.2, 0) is 10.0 Å². The minimum absolute atomic E-state index is 0.000709. The van der Waals surface area contributed by atoms with Gasteiger partial charge in [-0.25, -0.2) is 13.6 Å². The summed E-state index contributed by atoms with van der Waals surface area (Å²) >= 11 is 0. The van der Waals surface area contributed by atoms with Crippen LogP contribution in [0.5, 0.6) is 0 Å². The molecule has 98 valence electrons. The fourth-order valence-electron chi connectivity index (χ4n) is 1.66. The van der Waals surface area contributed by atoms with E-state index >= 15 is 0 Å². The van der Waals surface area contributed by atoms with Crippen LogP contribution in [-0.4, -0.2) is 19.3 Å². The molecule has 7 heteroatoms. The molecule has 0 aliphatic rings. The van der Waals surface area contributed by atoms with E-state index in [0.29, 0.717) is 11.1 Å². The molecule has 0 saturated carbocycles. The summed E-state index contributed by atoms with van der Waals surface area (Å²) in [7, 11) is -3.74. The molecule has 0 atom stereocenters. The highest BCUT2D eigenvalue weighted by Gasteiger charge is 2.12. The van der Waals surface area contributed by atoms with Gasteiger partial charge in [-0.2, -0.15) is 0 Å². The second-order valence-electron chi connectivity index (χ2n) is 3.83. The fraction of sp³-hybridized carbons (Fsp3) is 0. The van der Waals surface area contributed by atoms with Crippen molar-refractivity contribution in [3.05, 3.63) is 48.3 Å². The quantitative estimate of drug-likeness (QED) is 0.849. The van der Waals surface area contributed by atoms with Crippen LogP contribution in [0.1, 0.15) is 10.5 Å². The average Bonchev–Trinajstić information content (AvgIpc) is 2.38. The molecule has 0 bridgehead atoms. The normalized spacial score (nSPS) is 11.2. The van der Waals surface area contributed by atoms with Crippen LogP contribution < -0.4 is 10.9 Å². The summed E-state index contributed by atoms with van der Waals surface area (Å²) in [6.45, 7) is 0. The first kappa shape index (κ1) is 13.2. The first-order valence-electron chi connectivity index (χ1n) is 5.27. The van der Waals surface area contributed by atoms with Gasteiger partial charge in [-0.15, -0.1) is 0 Å². The number of pyridine rings is 1. The van der Waals surface area contributed by atoms with E-state index in [-0.39, 0.29) is 10.6 Å². The van der Waals surface area contributed by atoms with Crippen molar-refractivity contribution in [1.29, 1.82) is 0 Å². The number of aromatic nitrogens is 1. The van der Waals surface area contributed by atoms with Gasteiger partial charge in [0.1, 0.15) is 5.69 Å². The number of carbonyl (C=O) groups excluding carboxylic acids is 1. The van der Waals surface area contributed by atoms with E-state index < -0.39 is 15.9 Å². The Kier molecular flexibility index (Phi) is 3.32. The Balaban J connectivity index is 2.52. The maximum Gasteiger partial charge on any atom is 0.267 e. The van der Waals surface area contributed by atoms with Crippen molar-refractivity contribution in [1.82, 2.24) is 4.98 Å². The highest BCUT2D eigenvalue weighted by molar-refractivity contribution is 7.89. The number of hydrogen-bond acceptors (Lipinski definition) is 4. The Labute approximate surface area is 110 Å². The summed E-state index contributed by atoms with van der Waals surface area (Å²) in [6.07, 6.45) is 1.46. The zero-order chi connectivity index (χ0) is 14.0. The Morgan fingerprint density at radius 2 is 1.74 bits per heavy atom. The van der Waals surface area contributed by atoms with E-state index in [1.165, 1.54) is 18.3 Å². The van der Waals surface area contributed by atoms with E-state index in [9.17, 15) is 13.2 Å². The van der Waals surface area contributed by atoms with Crippen LogP contribution in [0.25, 0.3) is 11.1 Å². The van der Waals surface area contributed by atoms with Gasteiger partial charge in [-0.1, -0.05) is 18.2 Å². The van der Waals surface area contributed by atoms with Crippen molar-refractivity contribution in [3.63, 3.8) is 0 Å². The van der Waals surface area contributed by atoms with Gasteiger partial charge in [0.05, 0.1) is 4.90 Å². The number of carbonyl (C=O) groups is 1. The maximum atomic E-state index is 11.3. The van der Waals surface area contributed by atoms with E-state index in [1.54, 1.807) is 24.3 Å². The molecule has 0 aliphatic heterocycles. The standard InChI is InChI=1S/C12H11N3O3S/c13-12(16)11-10(2-1-7-15-11)8-3-5-9(6-4-8)19(14,17)18/h1-7H,(H2,13,16)(H2,14,17,18). The van der Waals surface area contributed by atoms with Crippen molar-refractivity contribution in [2.24, 2.45) is 10.9 Å². The first-order valence-corrected chi connectivity index (χ1v) is 6.82. The zero-order valence-corrected chi connectivity index (χ0v) is 10.6. The second-order valence-corrected chi connectivity index (χ2v) is 5.39. The minimum atomic E-state index is -3.74. The van der Waals surface area contributed by atoms with Crippen LogP contribution in [0.2, 0.25) is 0 Å². The van der Waals surface area contributed by atoms with Gasteiger partial charge in [0.2, 0.25) is 10.0 Å². The van der Waals surface area contributed by atoms with Crippen molar-refractivity contribution in [2.75, 3.05) is 0 Å². The maximum absolute atomic E-state index is 11.3. The molecule has 0 spiro atoms. The van der Waals surface area contributed by atoms with E-state index in [2.05, 4.69) is 4.98 Å². The molecule has 0 fully saturated rings. The number of rotatable bonds is 3. The van der Waals surface area contributed by atoms with E-state index in [4.69, 9.17) is 10.9 Å². The summed E-state index contributed by atoms with van der Waals surface area (Å²) in [5.74, 6) is -0.647. The van der Waals surface area contributed by atoms with Crippen LogP contribution >= 0.6 is 0 Å². The van der Waals surface area contributed by atoms with Gasteiger partial charge in [-0.05, 0) is 23.8 Å². The first-order chi connectivity index (χ1) is 8.89. The van der Waals surface area contributed by atoms with Crippen molar-refractivity contribution in [3.8, 4) is 11.1 Å².